The van der Waals surface area contributed by atoms with Crippen molar-refractivity contribution in [2.75, 3.05) is 25.0 Å². The number of esters is 1. The molecule has 1 saturated heterocycles. The summed E-state index contributed by atoms with van der Waals surface area (Å²) in [5.41, 5.74) is 0.410. The smallest absolute Gasteiger partial charge is 0.326 e. The Hall–Kier alpha value is -2.16. The van der Waals surface area contributed by atoms with Crippen LogP contribution in [0, 0.1) is 0 Å². The second-order valence-corrected chi connectivity index (χ2v) is 6.80. The molecule has 2 amide bonds. The van der Waals surface area contributed by atoms with Crippen LogP contribution in [0.2, 0.25) is 0 Å². The Bertz CT molecular complexity index is 640. The molecule has 2 rings (SSSR count). The average Bonchev–Trinajstić information content (AvgIpc) is 2.79. The number of nitrogens with one attached hydrogen (secondary N) is 1. The zero-order valence-corrected chi connectivity index (χ0v) is 14.9. The van der Waals surface area contributed by atoms with E-state index in [1.807, 2.05) is 0 Å². The lowest BCUT2D eigenvalue weighted by atomic mass is 10.2. The van der Waals surface area contributed by atoms with Crippen molar-refractivity contribution in [2.45, 2.75) is 36.3 Å². The molecule has 1 aromatic rings. The fourth-order valence-electron chi connectivity index (χ4n) is 2.47. The molecule has 1 N–H and O–H groups in total. The van der Waals surface area contributed by atoms with Crippen LogP contribution >= 0.6 is 11.8 Å². The van der Waals surface area contributed by atoms with Crippen LogP contribution in [0.15, 0.2) is 29.2 Å². The van der Waals surface area contributed by atoms with Crippen LogP contribution < -0.4 is 5.32 Å². The number of benzene rings is 1. The number of ether oxygens (including phenoxy) is 1. The number of alkyl halides is 2. The molecular formula is C17H20F2N2O4S. The Balaban J connectivity index is 1.73. The number of hydrogen-bond acceptors (Lipinski definition) is 5. The molecule has 0 bridgehead atoms. The van der Waals surface area contributed by atoms with Gasteiger partial charge < -0.3 is 15.0 Å². The number of thioether (sulfide) groups is 1. The van der Waals surface area contributed by atoms with E-state index in [1.165, 1.54) is 29.2 Å². The second-order valence-electron chi connectivity index (χ2n) is 5.74. The molecule has 6 nitrogen and oxygen atoms in total. The number of anilines is 1. The van der Waals surface area contributed by atoms with Crippen molar-refractivity contribution < 1.29 is 27.9 Å². The number of amides is 2. The van der Waals surface area contributed by atoms with Gasteiger partial charge in [-0.1, -0.05) is 18.2 Å². The Kier molecular flexibility index (Phi) is 7.83. The van der Waals surface area contributed by atoms with Crippen LogP contribution in [0.5, 0.6) is 0 Å². The lowest BCUT2D eigenvalue weighted by molar-refractivity contribution is -0.151. The molecule has 1 aromatic carbocycles. The predicted molar refractivity (Wildman–Crippen MR) is 92.9 cm³/mol. The van der Waals surface area contributed by atoms with Gasteiger partial charge in [0.05, 0.1) is 0 Å². The summed E-state index contributed by atoms with van der Waals surface area (Å²) in [6, 6.07) is 5.90. The van der Waals surface area contributed by atoms with E-state index in [-0.39, 0.29) is 12.5 Å². The number of nitrogens with zero attached hydrogens (tertiary/aromatic N) is 1. The first-order valence-corrected chi connectivity index (χ1v) is 9.10. The first kappa shape index (κ1) is 20.2. The van der Waals surface area contributed by atoms with Gasteiger partial charge in [-0.05, 0) is 37.1 Å². The number of rotatable bonds is 7. The molecule has 1 fully saturated rings. The Labute approximate surface area is 154 Å². The fourth-order valence-corrected chi connectivity index (χ4v) is 2.97. The third-order valence-electron chi connectivity index (χ3n) is 3.72. The molecule has 0 unspecified atom stereocenters. The number of likely N-dealkylation sites (tertiary alicyclic amines) is 1. The summed E-state index contributed by atoms with van der Waals surface area (Å²) in [5, 5.41) is 2.51. The predicted octanol–water partition coefficient (Wildman–Crippen LogP) is 2.89. The van der Waals surface area contributed by atoms with Gasteiger partial charge in [0.15, 0.2) is 6.61 Å². The third-order valence-corrected chi connectivity index (χ3v) is 4.44. The van der Waals surface area contributed by atoms with Crippen LogP contribution in [0.25, 0.3) is 0 Å². The van der Waals surface area contributed by atoms with E-state index in [0.29, 0.717) is 35.3 Å². The van der Waals surface area contributed by atoms with Gasteiger partial charge in [-0.25, -0.2) is 0 Å². The van der Waals surface area contributed by atoms with E-state index in [4.69, 9.17) is 4.74 Å². The van der Waals surface area contributed by atoms with Crippen molar-refractivity contribution in [2.24, 2.45) is 0 Å². The van der Waals surface area contributed by atoms with Gasteiger partial charge in [-0.3, -0.25) is 14.4 Å². The van der Waals surface area contributed by atoms with Crippen molar-refractivity contribution in [3.05, 3.63) is 24.3 Å². The minimum Gasteiger partial charge on any atom is -0.454 e. The molecule has 0 radical (unpaired) electrons. The first-order valence-electron chi connectivity index (χ1n) is 8.22. The van der Waals surface area contributed by atoms with Gasteiger partial charge in [0.2, 0.25) is 5.91 Å². The van der Waals surface area contributed by atoms with Crippen LogP contribution in [-0.2, 0) is 19.1 Å². The number of hydrogen-bond donors (Lipinski definition) is 1. The highest BCUT2D eigenvalue weighted by molar-refractivity contribution is 7.99. The van der Waals surface area contributed by atoms with Crippen molar-refractivity contribution in [1.82, 2.24) is 4.90 Å². The highest BCUT2D eigenvalue weighted by Gasteiger charge is 2.20. The highest BCUT2D eigenvalue weighted by Crippen LogP contribution is 2.26. The highest BCUT2D eigenvalue weighted by atomic mass is 32.2. The monoisotopic (exact) mass is 386 g/mol. The normalized spacial score (nSPS) is 14.9. The van der Waals surface area contributed by atoms with E-state index >= 15 is 0 Å². The van der Waals surface area contributed by atoms with Gasteiger partial charge in [0.25, 0.3) is 11.7 Å². The second kappa shape index (κ2) is 10.1. The van der Waals surface area contributed by atoms with E-state index in [0.717, 1.165) is 19.3 Å². The number of carbonyl (C=O) groups excluding carboxylic acids is 3. The van der Waals surface area contributed by atoms with E-state index in [9.17, 15) is 23.2 Å². The Morgan fingerprint density at radius 1 is 1.19 bits per heavy atom. The Morgan fingerprint density at radius 3 is 2.62 bits per heavy atom. The SMILES string of the molecule is O=C(COC(=O)CN1CCCCCC1=O)Nc1ccc(SC(F)F)cc1. The third kappa shape index (κ3) is 6.99. The summed E-state index contributed by atoms with van der Waals surface area (Å²) in [4.78, 5) is 37.2. The quantitative estimate of drug-likeness (QED) is 0.576. The molecule has 26 heavy (non-hydrogen) atoms. The molecule has 1 heterocycles. The molecule has 9 heteroatoms. The number of halogens is 2. The van der Waals surface area contributed by atoms with E-state index in [2.05, 4.69) is 5.32 Å². The van der Waals surface area contributed by atoms with Crippen molar-refractivity contribution >= 4 is 35.2 Å². The van der Waals surface area contributed by atoms with Gasteiger partial charge in [-0.15, -0.1) is 0 Å². The zero-order chi connectivity index (χ0) is 18.9. The van der Waals surface area contributed by atoms with Crippen LogP contribution in [0.4, 0.5) is 14.5 Å². The van der Waals surface area contributed by atoms with Crippen LogP contribution in [0.3, 0.4) is 0 Å². The van der Waals surface area contributed by atoms with E-state index < -0.39 is 24.2 Å². The zero-order valence-electron chi connectivity index (χ0n) is 14.1. The first-order chi connectivity index (χ1) is 12.4. The summed E-state index contributed by atoms with van der Waals surface area (Å²) in [6.45, 7) is -0.122. The molecule has 0 spiro atoms. The summed E-state index contributed by atoms with van der Waals surface area (Å²) in [7, 11) is 0. The minimum absolute atomic E-state index is 0.0781. The summed E-state index contributed by atoms with van der Waals surface area (Å²) in [6.07, 6.45) is 3.04. The average molecular weight is 386 g/mol. The van der Waals surface area contributed by atoms with Crippen molar-refractivity contribution in [1.29, 1.82) is 0 Å². The number of carbonyl (C=O) groups is 3. The van der Waals surface area contributed by atoms with Gasteiger partial charge >= 0.3 is 5.97 Å². The maximum absolute atomic E-state index is 12.2. The topological polar surface area (TPSA) is 75.7 Å². The maximum atomic E-state index is 12.2. The van der Waals surface area contributed by atoms with Gasteiger partial charge in [0.1, 0.15) is 6.54 Å². The summed E-state index contributed by atoms with van der Waals surface area (Å²) >= 11 is 0.411. The molecule has 0 saturated carbocycles. The largest absolute Gasteiger partial charge is 0.454 e. The Morgan fingerprint density at radius 2 is 1.92 bits per heavy atom. The molecule has 142 valence electrons. The maximum Gasteiger partial charge on any atom is 0.326 e. The van der Waals surface area contributed by atoms with Crippen molar-refractivity contribution in [3.8, 4) is 0 Å². The summed E-state index contributed by atoms with van der Waals surface area (Å²) < 4.78 is 29.4. The van der Waals surface area contributed by atoms with Crippen molar-refractivity contribution in [3.63, 3.8) is 0 Å². The molecule has 0 atom stereocenters. The molecule has 0 aromatic heterocycles. The van der Waals surface area contributed by atoms with E-state index in [1.54, 1.807) is 0 Å². The molecule has 1 aliphatic rings. The molecular weight excluding hydrogens is 366 g/mol. The van der Waals surface area contributed by atoms with Crippen LogP contribution in [0.1, 0.15) is 25.7 Å². The minimum atomic E-state index is -2.51. The molecule has 0 aliphatic carbocycles. The van der Waals surface area contributed by atoms with Crippen LogP contribution in [-0.4, -0.2) is 48.1 Å². The van der Waals surface area contributed by atoms with Gasteiger partial charge in [0, 0.05) is 23.5 Å². The lowest BCUT2D eigenvalue weighted by Crippen LogP contribution is -2.36. The summed E-state index contributed by atoms with van der Waals surface area (Å²) in [5.74, 6) is -3.77. The fraction of sp³-hybridized carbons (Fsp3) is 0.471. The lowest BCUT2D eigenvalue weighted by Gasteiger charge is -2.19. The molecule has 1 aliphatic heterocycles. The van der Waals surface area contributed by atoms with Gasteiger partial charge in [-0.2, -0.15) is 8.78 Å². The standard InChI is InChI=1S/C17H20F2N2O4S/c18-17(19)26-13-7-5-12(6-8-13)20-14(22)11-25-16(24)10-21-9-3-1-2-4-15(21)23/h5-8,17H,1-4,9-11H2,(H,20,22).